The standard InChI is InChI=1S/C20H30BrN3O/c1-2-23-12-14-24(15-13-23)20(10-4-3-5-11-20)16-22-19(25)17-6-8-18(21)9-7-17/h6-9H,2-5,10-16H2,1H3,(H,22,25). The summed E-state index contributed by atoms with van der Waals surface area (Å²) in [5, 5.41) is 3.24. The van der Waals surface area contributed by atoms with Gasteiger partial charge in [-0.15, -0.1) is 0 Å². The first-order chi connectivity index (χ1) is 12.1. The largest absolute Gasteiger partial charge is 0.350 e. The van der Waals surface area contributed by atoms with Crippen LogP contribution in [0.2, 0.25) is 0 Å². The fraction of sp³-hybridized carbons (Fsp3) is 0.650. The van der Waals surface area contributed by atoms with Gasteiger partial charge in [0.2, 0.25) is 0 Å². The number of likely N-dealkylation sites (N-methyl/N-ethyl adjacent to an activating group) is 1. The Balaban J connectivity index is 1.64. The van der Waals surface area contributed by atoms with Crippen LogP contribution in [0.1, 0.15) is 49.4 Å². The van der Waals surface area contributed by atoms with Crippen LogP contribution in [0.3, 0.4) is 0 Å². The number of rotatable bonds is 5. The number of benzene rings is 1. The van der Waals surface area contributed by atoms with Crippen LogP contribution in [0.5, 0.6) is 0 Å². The van der Waals surface area contributed by atoms with Crippen molar-refractivity contribution in [3.63, 3.8) is 0 Å². The summed E-state index contributed by atoms with van der Waals surface area (Å²) >= 11 is 3.43. The first-order valence-corrected chi connectivity index (χ1v) is 10.4. The van der Waals surface area contributed by atoms with Crippen LogP contribution in [-0.4, -0.2) is 60.5 Å². The van der Waals surface area contributed by atoms with Crippen molar-refractivity contribution in [1.29, 1.82) is 0 Å². The molecule has 3 rings (SSSR count). The molecule has 1 saturated carbocycles. The number of nitrogens with one attached hydrogen (secondary N) is 1. The van der Waals surface area contributed by atoms with Crippen molar-refractivity contribution < 1.29 is 4.79 Å². The Hall–Kier alpha value is -0.910. The second-order valence-corrected chi connectivity index (χ2v) is 8.31. The molecule has 1 saturated heterocycles. The molecule has 138 valence electrons. The van der Waals surface area contributed by atoms with Crippen LogP contribution < -0.4 is 5.32 Å². The Morgan fingerprint density at radius 1 is 1.08 bits per heavy atom. The second kappa shape index (κ2) is 8.65. The van der Waals surface area contributed by atoms with Crippen molar-refractivity contribution in [1.82, 2.24) is 15.1 Å². The summed E-state index contributed by atoms with van der Waals surface area (Å²) in [4.78, 5) is 17.8. The zero-order valence-corrected chi connectivity index (χ0v) is 16.9. The fourth-order valence-electron chi connectivity index (χ4n) is 4.30. The van der Waals surface area contributed by atoms with Crippen LogP contribution in [0.15, 0.2) is 28.7 Å². The molecule has 4 nitrogen and oxygen atoms in total. The van der Waals surface area contributed by atoms with E-state index in [1.807, 2.05) is 24.3 Å². The minimum absolute atomic E-state index is 0.0460. The van der Waals surface area contributed by atoms with Crippen molar-refractivity contribution in [2.24, 2.45) is 0 Å². The first kappa shape index (κ1) is 18.9. The maximum Gasteiger partial charge on any atom is 0.251 e. The Labute approximate surface area is 160 Å². The van der Waals surface area contributed by atoms with Crippen molar-refractivity contribution in [2.75, 3.05) is 39.3 Å². The van der Waals surface area contributed by atoms with E-state index in [0.29, 0.717) is 0 Å². The second-order valence-electron chi connectivity index (χ2n) is 7.40. The van der Waals surface area contributed by atoms with Gasteiger partial charge in [0.25, 0.3) is 5.91 Å². The third-order valence-corrected chi connectivity index (χ3v) is 6.49. The molecule has 0 unspecified atom stereocenters. The van der Waals surface area contributed by atoms with E-state index >= 15 is 0 Å². The van der Waals surface area contributed by atoms with Gasteiger partial charge in [0.05, 0.1) is 0 Å². The average molecular weight is 408 g/mol. The molecule has 1 N–H and O–H groups in total. The SMILES string of the molecule is CCN1CCN(C2(CNC(=O)c3ccc(Br)cc3)CCCCC2)CC1. The summed E-state index contributed by atoms with van der Waals surface area (Å²) in [5.74, 6) is 0.0460. The van der Waals surface area contributed by atoms with Crippen molar-refractivity contribution in [3.05, 3.63) is 34.3 Å². The van der Waals surface area contributed by atoms with E-state index in [-0.39, 0.29) is 11.4 Å². The highest BCUT2D eigenvalue weighted by Gasteiger charge is 2.39. The number of carbonyl (C=O) groups excluding carboxylic acids is 1. The molecule has 2 fully saturated rings. The van der Waals surface area contributed by atoms with Crippen molar-refractivity contribution >= 4 is 21.8 Å². The molecule has 5 heteroatoms. The van der Waals surface area contributed by atoms with Gasteiger partial charge >= 0.3 is 0 Å². The van der Waals surface area contributed by atoms with Gasteiger partial charge in [-0.2, -0.15) is 0 Å². The van der Waals surface area contributed by atoms with Crippen molar-refractivity contribution in [3.8, 4) is 0 Å². The topological polar surface area (TPSA) is 35.6 Å². The molecular weight excluding hydrogens is 378 g/mol. The van der Waals surface area contributed by atoms with Gasteiger partial charge < -0.3 is 10.2 Å². The number of hydrogen-bond donors (Lipinski definition) is 1. The Morgan fingerprint density at radius 2 is 1.72 bits per heavy atom. The summed E-state index contributed by atoms with van der Waals surface area (Å²) in [6, 6.07) is 7.62. The van der Waals surface area contributed by atoms with Gasteiger partial charge in [-0.3, -0.25) is 9.69 Å². The van der Waals surface area contributed by atoms with E-state index in [0.717, 1.165) is 49.3 Å². The van der Waals surface area contributed by atoms with Gasteiger partial charge in [0, 0.05) is 48.3 Å². The zero-order chi connectivity index (χ0) is 17.7. The minimum Gasteiger partial charge on any atom is -0.350 e. The molecule has 0 radical (unpaired) electrons. The average Bonchev–Trinajstić information content (AvgIpc) is 2.67. The lowest BCUT2D eigenvalue weighted by molar-refractivity contribution is 0.00924. The normalized spacial score (nSPS) is 21.8. The number of carbonyl (C=O) groups is 1. The van der Waals surface area contributed by atoms with E-state index < -0.39 is 0 Å². The summed E-state index contributed by atoms with van der Waals surface area (Å²) in [5.41, 5.74) is 0.897. The van der Waals surface area contributed by atoms with Crippen LogP contribution in [0, 0.1) is 0 Å². The zero-order valence-electron chi connectivity index (χ0n) is 15.3. The lowest BCUT2D eigenvalue weighted by Crippen LogP contribution is -2.61. The summed E-state index contributed by atoms with van der Waals surface area (Å²) in [6.45, 7) is 8.71. The van der Waals surface area contributed by atoms with Crippen molar-refractivity contribution in [2.45, 2.75) is 44.6 Å². The highest BCUT2D eigenvalue weighted by Crippen LogP contribution is 2.34. The molecule has 0 aromatic heterocycles. The number of amides is 1. The lowest BCUT2D eigenvalue weighted by atomic mass is 9.79. The van der Waals surface area contributed by atoms with Gasteiger partial charge in [-0.05, 0) is 43.7 Å². The minimum atomic E-state index is 0.0460. The molecular formula is C20H30BrN3O. The molecule has 25 heavy (non-hydrogen) atoms. The molecule has 1 aromatic rings. The first-order valence-electron chi connectivity index (χ1n) is 9.64. The predicted molar refractivity (Wildman–Crippen MR) is 106 cm³/mol. The molecule has 1 aliphatic carbocycles. The lowest BCUT2D eigenvalue weighted by Gasteiger charge is -2.50. The fourth-order valence-corrected chi connectivity index (χ4v) is 4.57. The summed E-state index contributed by atoms with van der Waals surface area (Å²) < 4.78 is 1.00. The summed E-state index contributed by atoms with van der Waals surface area (Å²) in [6.07, 6.45) is 6.31. The number of piperazine rings is 1. The molecule has 0 bridgehead atoms. The van der Waals surface area contributed by atoms with E-state index in [1.165, 1.54) is 32.1 Å². The summed E-state index contributed by atoms with van der Waals surface area (Å²) in [7, 11) is 0. The Bertz CT molecular complexity index is 561. The molecule has 0 atom stereocenters. The van der Waals surface area contributed by atoms with Gasteiger partial charge in [-0.25, -0.2) is 0 Å². The highest BCUT2D eigenvalue weighted by atomic mass is 79.9. The van der Waals surface area contributed by atoms with Gasteiger partial charge in [0.1, 0.15) is 0 Å². The maximum absolute atomic E-state index is 12.6. The highest BCUT2D eigenvalue weighted by molar-refractivity contribution is 9.10. The van der Waals surface area contributed by atoms with Crippen LogP contribution in [-0.2, 0) is 0 Å². The maximum atomic E-state index is 12.6. The molecule has 0 spiro atoms. The van der Waals surface area contributed by atoms with Gasteiger partial charge in [0.15, 0.2) is 0 Å². The Morgan fingerprint density at radius 3 is 2.32 bits per heavy atom. The van der Waals surface area contributed by atoms with E-state index in [1.54, 1.807) is 0 Å². The number of hydrogen-bond acceptors (Lipinski definition) is 3. The smallest absolute Gasteiger partial charge is 0.251 e. The third-order valence-electron chi connectivity index (χ3n) is 5.96. The molecule has 1 amide bonds. The van der Waals surface area contributed by atoms with E-state index in [4.69, 9.17) is 0 Å². The van der Waals surface area contributed by atoms with Crippen LogP contribution in [0.4, 0.5) is 0 Å². The Kier molecular flexibility index (Phi) is 6.53. The molecule has 2 aliphatic rings. The van der Waals surface area contributed by atoms with Crippen LogP contribution >= 0.6 is 15.9 Å². The molecule has 1 aliphatic heterocycles. The molecule has 1 aromatic carbocycles. The quantitative estimate of drug-likeness (QED) is 0.810. The number of halogens is 1. The third kappa shape index (κ3) is 4.63. The van der Waals surface area contributed by atoms with E-state index in [9.17, 15) is 4.79 Å². The van der Waals surface area contributed by atoms with Gasteiger partial charge in [-0.1, -0.05) is 42.1 Å². The number of nitrogens with zero attached hydrogens (tertiary/aromatic N) is 2. The molecule has 1 heterocycles. The van der Waals surface area contributed by atoms with Crippen LogP contribution in [0.25, 0.3) is 0 Å². The monoisotopic (exact) mass is 407 g/mol. The predicted octanol–water partition coefficient (Wildman–Crippen LogP) is 3.52. The van der Waals surface area contributed by atoms with E-state index in [2.05, 4.69) is 38.0 Å².